The van der Waals surface area contributed by atoms with Crippen LogP contribution in [0.3, 0.4) is 0 Å². The van der Waals surface area contributed by atoms with Gasteiger partial charge in [0.05, 0.1) is 23.7 Å². The molecule has 2 heterocycles. The number of methoxy groups -OCH3 is 1. The average molecular weight is 412 g/mol. The monoisotopic (exact) mass is 411 g/mol. The fourth-order valence-corrected chi connectivity index (χ4v) is 5.49. The molecule has 152 valence electrons. The van der Waals surface area contributed by atoms with Crippen molar-refractivity contribution in [2.24, 2.45) is 7.05 Å². The highest BCUT2D eigenvalue weighted by Gasteiger charge is 2.38. The standard InChI is InChI=1S/C22H25N3O3S/c1-14-17-20(24-13-25(2)21(17)27)29-18(14)19(26)23-12-22(10-6-7-11-22)15-8-4-5-9-16(15)28-3/h4-5,8-9,13H,6-7,10-12H2,1-3H3,(H,23,26). The van der Waals surface area contributed by atoms with Gasteiger partial charge in [-0.3, -0.25) is 9.59 Å². The lowest BCUT2D eigenvalue weighted by atomic mass is 9.78. The maximum absolute atomic E-state index is 13.0. The summed E-state index contributed by atoms with van der Waals surface area (Å²) in [5.74, 6) is 0.725. The Balaban J connectivity index is 1.63. The number of aromatic nitrogens is 2. The van der Waals surface area contributed by atoms with Gasteiger partial charge in [0, 0.05) is 24.6 Å². The summed E-state index contributed by atoms with van der Waals surface area (Å²) in [6.07, 6.45) is 5.80. The molecule has 0 saturated heterocycles. The Kier molecular flexibility index (Phi) is 5.17. The molecule has 1 aliphatic carbocycles. The number of aryl methyl sites for hydroxylation is 2. The van der Waals surface area contributed by atoms with Crippen LogP contribution in [0.4, 0.5) is 0 Å². The van der Waals surface area contributed by atoms with Crippen molar-refractivity contribution < 1.29 is 9.53 Å². The van der Waals surface area contributed by atoms with E-state index in [1.54, 1.807) is 14.2 Å². The molecule has 0 radical (unpaired) electrons. The first-order chi connectivity index (χ1) is 14.0. The maximum Gasteiger partial charge on any atom is 0.262 e. The van der Waals surface area contributed by atoms with Crippen LogP contribution < -0.4 is 15.6 Å². The Bertz CT molecular complexity index is 1130. The molecule has 29 heavy (non-hydrogen) atoms. The van der Waals surface area contributed by atoms with Gasteiger partial charge < -0.3 is 14.6 Å². The van der Waals surface area contributed by atoms with Crippen LogP contribution in [0.15, 0.2) is 35.4 Å². The van der Waals surface area contributed by atoms with E-state index in [9.17, 15) is 9.59 Å². The molecule has 1 N–H and O–H groups in total. The largest absolute Gasteiger partial charge is 0.496 e. The van der Waals surface area contributed by atoms with E-state index in [2.05, 4.69) is 16.4 Å². The first-order valence-electron chi connectivity index (χ1n) is 9.83. The van der Waals surface area contributed by atoms with Crippen LogP contribution in [0, 0.1) is 6.92 Å². The van der Waals surface area contributed by atoms with E-state index in [4.69, 9.17) is 4.74 Å². The molecule has 1 amide bonds. The van der Waals surface area contributed by atoms with Crippen LogP contribution in [0.5, 0.6) is 5.75 Å². The highest BCUT2D eigenvalue weighted by atomic mass is 32.1. The topological polar surface area (TPSA) is 73.2 Å². The maximum atomic E-state index is 13.0. The van der Waals surface area contributed by atoms with Crippen LogP contribution in [-0.2, 0) is 12.5 Å². The summed E-state index contributed by atoms with van der Waals surface area (Å²) >= 11 is 1.28. The number of rotatable bonds is 5. The van der Waals surface area contributed by atoms with Gasteiger partial charge >= 0.3 is 0 Å². The second kappa shape index (κ2) is 7.63. The number of nitrogens with one attached hydrogen (secondary N) is 1. The summed E-state index contributed by atoms with van der Waals surface area (Å²) < 4.78 is 7.05. The lowest BCUT2D eigenvalue weighted by Crippen LogP contribution is -2.39. The number of amides is 1. The van der Waals surface area contributed by atoms with Crippen molar-refractivity contribution in [3.05, 3.63) is 57.0 Å². The van der Waals surface area contributed by atoms with Crippen LogP contribution in [0.25, 0.3) is 10.2 Å². The SMILES string of the molecule is COc1ccccc1C1(CNC(=O)c2sc3ncn(C)c(=O)c3c2C)CCCC1. The van der Waals surface area contributed by atoms with E-state index < -0.39 is 0 Å². The quantitative estimate of drug-likeness (QED) is 0.697. The zero-order valence-corrected chi connectivity index (χ0v) is 17.8. The highest BCUT2D eigenvalue weighted by Crippen LogP contribution is 2.44. The van der Waals surface area contributed by atoms with Gasteiger partial charge in [-0.25, -0.2) is 4.98 Å². The highest BCUT2D eigenvalue weighted by molar-refractivity contribution is 7.20. The van der Waals surface area contributed by atoms with Crippen molar-refractivity contribution in [2.75, 3.05) is 13.7 Å². The van der Waals surface area contributed by atoms with Crippen molar-refractivity contribution in [3.8, 4) is 5.75 Å². The van der Waals surface area contributed by atoms with Crippen molar-refractivity contribution in [2.45, 2.75) is 38.0 Å². The first kappa shape index (κ1) is 19.6. The summed E-state index contributed by atoms with van der Waals surface area (Å²) in [6, 6.07) is 8.08. The predicted molar refractivity (Wildman–Crippen MR) is 115 cm³/mol. The average Bonchev–Trinajstić information content (AvgIpc) is 3.35. The molecule has 6 nitrogen and oxygen atoms in total. The van der Waals surface area contributed by atoms with Crippen molar-refractivity contribution in [1.29, 1.82) is 0 Å². The summed E-state index contributed by atoms with van der Waals surface area (Å²) in [6.45, 7) is 2.37. The van der Waals surface area contributed by atoms with Crippen molar-refractivity contribution in [3.63, 3.8) is 0 Å². The van der Waals surface area contributed by atoms with E-state index in [1.165, 1.54) is 22.2 Å². The second-order valence-electron chi connectivity index (χ2n) is 7.77. The van der Waals surface area contributed by atoms with Crippen LogP contribution in [0.2, 0.25) is 0 Å². The molecular weight excluding hydrogens is 386 g/mol. The zero-order chi connectivity index (χ0) is 20.6. The number of thiophene rings is 1. The molecule has 4 rings (SSSR count). The fourth-order valence-electron chi connectivity index (χ4n) is 4.43. The Morgan fingerprint density at radius 1 is 1.31 bits per heavy atom. The molecular formula is C22H25N3O3S. The third-order valence-corrected chi connectivity index (χ3v) is 7.24. The second-order valence-corrected chi connectivity index (χ2v) is 8.77. The Labute approximate surface area is 173 Å². The number of ether oxygens (including phenoxy) is 1. The number of nitrogens with zero attached hydrogens (tertiary/aromatic N) is 2. The lowest BCUT2D eigenvalue weighted by Gasteiger charge is -2.31. The fraction of sp³-hybridized carbons (Fsp3) is 0.409. The lowest BCUT2D eigenvalue weighted by molar-refractivity contribution is 0.0946. The Morgan fingerprint density at radius 2 is 2.03 bits per heavy atom. The molecule has 3 aromatic rings. The van der Waals surface area contributed by atoms with Crippen LogP contribution in [-0.4, -0.2) is 29.1 Å². The number of hydrogen-bond acceptors (Lipinski definition) is 5. The molecule has 1 aliphatic rings. The third-order valence-electron chi connectivity index (χ3n) is 6.04. The minimum atomic E-state index is -0.145. The minimum absolute atomic E-state index is 0.121. The number of carbonyl (C=O) groups excluding carboxylic acids is 1. The van der Waals surface area contributed by atoms with Gasteiger partial charge in [0.2, 0.25) is 0 Å². The van der Waals surface area contributed by atoms with Gasteiger partial charge in [-0.1, -0.05) is 31.0 Å². The number of hydrogen-bond donors (Lipinski definition) is 1. The number of carbonyl (C=O) groups is 1. The van der Waals surface area contributed by atoms with E-state index in [0.717, 1.165) is 37.0 Å². The first-order valence-corrected chi connectivity index (χ1v) is 10.6. The molecule has 1 saturated carbocycles. The van der Waals surface area contributed by atoms with Gasteiger partial charge in [-0.15, -0.1) is 11.3 Å². The number of benzene rings is 1. The molecule has 0 bridgehead atoms. The Morgan fingerprint density at radius 3 is 2.76 bits per heavy atom. The van der Waals surface area contributed by atoms with E-state index in [0.29, 0.717) is 27.2 Å². The molecule has 0 atom stereocenters. The molecule has 1 aromatic carbocycles. The molecule has 0 spiro atoms. The van der Waals surface area contributed by atoms with Gasteiger partial charge in [0.15, 0.2) is 0 Å². The summed E-state index contributed by atoms with van der Waals surface area (Å²) in [4.78, 5) is 31.0. The molecule has 0 aliphatic heterocycles. The number of para-hydroxylation sites is 1. The molecule has 0 unspecified atom stereocenters. The van der Waals surface area contributed by atoms with Crippen LogP contribution >= 0.6 is 11.3 Å². The smallest absolute Gasteiger partial charge is 0.262 e. The summed E-state index contributed by atoms with van der Waals surface area (Å²) in [5.41, 5.74) is 1.61. The number of fused-ring (bicyclic) bond motifs is 1. The summed E-state index contributed by atoms with van der Waals surface area (Å²) in [7, 11) is 3.36. The Hall–Kier alpha value is -2.67. The predicted octanol–water partition coefficient (Wildman–Crippen LogP) is 3.55. The third kappa shape index (κ3) is 3.33. The molecule has 7 heteroatoms. The molecule has 1 fully saturated rings. The van der Waals surface area contributed by atoms with Crippen molar-refractivity contribution in [1.82, 2.24) is 14.9 Å². The van der Waals surface area contributed by atoms with Gasteiger partial charge in [0.1, 0.15) is 10.6 Å². The van der Waals surface area contributed by atoms with Gasteiger partial charge in [-0.2, -0.15) is 0 Å². The zero-order valence-electron chi connectivity index (χ0n) is 16.9. The van der Waals surface area contributed by atoms with E-state index >= 15 is 0 Å². The van der Waals surface area contributed by atoms with Crippen molar-refractivity contribution >= 4 is 27.5 Å². The van der Waals surface area contributed by atoms with Gasteiger partial charge in [0.25, 0.3) is 11.5 Å². The van der Waals surface area contributed by atoms with Crippen LogP contribution in [0.1, 0.15) is 46.5 Å². The minimum Gasteiger partial charge on any atom is -0.496 e. The summed E-state index contributed by atoms with van der Waals surface area (Å²) in [5, 5.41) is 3.68. The van der Waals surface area contributed by atoms with E-state index in [-0.39, 0.29) is 16.9 Å². The van der Waals surface area contributed by atoms with Gasteiger partial charge in [-0.05, 0) is 31.4 Å². The normalized spacial score (nSPS) is 15.6. The molecule has 2 aromatic heterocycles. The van der Waals surface area contributed by atoms with E-state index in [1.807, 2.05) is 25.1 Å².